The van der Waals surface area contributed by atoms with Crippen LogP contribution in [0.1, 0.15) is 25.0 Å². The van der Waals surface area contributed by atoms with E-state index in [9.17, 15) is 4.79 Å². The number of nitrogens with zero attached hydrogens (tertiary/aromatic N) is 4. The van der Waals surface area contributed by atoms with Crippen LogP contribution in [0.5, 0.6) is 5.88 Å². The number of carbonyl (C=O) groups excluding carboxylic acids is 1. The van der Waals surface area contributed by atoms with Crippen molar-refractivity contribution in [2.24, 2.45) is 0 Å². The van der Waals surface area contributed by atoms with E-state index in [1.54, 1.807) is 23.6 Å². The van der Waals surface area contributed by atoms with Gasteiger partial charge in [-0.3, -0.25) is 0 Å². The van der Waals surface area contributed by atoms with Crippen LogP contribution in [0.15, 0.2) is 35.2 Å². The number of carbonyl (C=O) groups is 1. The Labute approximate surface area is 152 Å². The van der Waals surface area contributed by atoms with Gasteiger partial charge in [-0.05, 0) is 25.0 Å². The maximum atomic E-state index is 12.3. The lowest BCUT2D eigenvalue weighted by atomic mass is 10.3. The molecule has 0 spiro atoms. The van der Waals surface area contributed by atoms with Gasteiger partial charge in [0, 0.05) is 32.1 Å². The quantitative estimate of drug-likeness (QED) is 0.882. The summed E-state index contributed by atoms with van der Waals surface area (Å²) in [4.78, 5) is 24.8. The minimum absolute atomic E-state index is 0.0503. The molecular weight excluding hydrogens is 334 g/mol. The number of nitrogens with one attached hydrogen (secondary N) is 1. The zero-order valence-electron chi connectivity index (χ0n) is 14.6. The zero-order valence-corrected chi connectivity index (χ0v) is 14.6. The van der Waals surface area contributed by atoms with Crippen molar-refractivity contribution in [1.29, 1.82) is 0 Å². The highest BCUT2D eigenvalue weighted by molar-refractivity contribution is 5.74. The number of furan rings is 1. The topological polar surface area (TPSA) is 83.7 Å². The Morgan fingerprint density at radius 3 is 3.00 bits per heavy atom. The van der Waals surface area contributed by atoms with Crippen LogP contribution < -0.4 is 15.0 Å². The second kappa shape index (κ2) is 7.63. The molecule has 0 aromatic carbocycles. The molecule has 4 heterocycles. The maximum Gasteiger partial charge on any atom is 0.317 e. The largest absolute Gasteiger partial charge is 0.472 e. The highest BCUT2D eigenvalue weighted by atomic mass is 16.5. The van der Waals surface area contributed by atoms with Crippen molar-refractivity contribution < 1.29 is 13.9 Å². The molecule has 26 heavy (non-hydrogen) atoms. The highest BCUT2D eigenvalue weighted by Gasteiger charge is 2.28. The van der Waals surface area contributed by atoms with Gasteiger partial charge in [-0.1, -0.05) is 0 Å². The molecule has 8 nitrogen and oxygen atoms in total. The van der Waals surface area contributed by atoms with Gasteiger partial charge in [0.15, 0.2) is 0 Å². The van der Waals surface area contributed by atoms with E-state index in [4.69, 9.17) is 9.15 Å². The molecule has 1 unspecified atom stereocenters. The Morgan fingerprint density at radius 1 is 1.31 bits per heavy atom. The van der Waals surface area contributed by atoms with Crippen molar-refractivity contribution in [1.82, 2.24) is 20.2 Å². The van der Waals surface area contributed by atoms with Crippen LogP contribution in [0, 0.1) is 0 Å². The monoisotopic (exact) mass is 357 g/mol. The Balaban J connectivity index is 1.28. The second-order valence-corrected chi connectivity index (χ2v) is 6.62. The number of aromatic nitrogens is 2. The fourth-order valence-electron chi connectivity index (χ4n) is 3.38. The van der Waals surface area contributed by atoms with Gasteiger partial charge in [-0.15, -0.1) is 0 Å². The van der Waals surface area contributed by atoms with Crippen molar-refractivity contribution in [3.63, 3.8) is 0 Å². The van der Waals surface area contributed by atoms with Gasteiger partial charge in [0.25, 0.3) is 0 Å². The number of urea groups is 1. The third-order valence-electron chi connectivity index (χ3n) is 4.77. The summed E-state index contributed by atoms with van der Waals surface area (Å²) >= 11 is 0. The molecule has 2 fully saturated rings. The van der Waals surface area contributed by atoms with Gasteiger partial charge in [0.2, 0.25) is 5.88 Å². The van der Waals surface area contributed by atoms with E-state index in [0.29, 0.717) is 25.5 Å². The number of likely N-dealkylation sites (tertiary alicyclic amines) is 1. The maximum absolute atomic E-state index is 12.3. The SMILES string of the molecule is O=C(NCc1ccco1)N1CCC(Oc2cc(N3CCCC3)ncn2)C1. The predicted octanol–water partition coefficient (Wildman–Crippen LogP) is 2.03. The van der Waals surface area contributed by atoms with Crippen LogP contribution in [-0.2, 0) is 6.54 Å². The van der Waals surface area contributed by atoms with E-state index in [0.717, 1.165) is 31.1 Å². The molecule has 1 atom stereocenters. The van der Waals surface area contributed by atoms with Crippen LogP contribution in [0.4, 0.5) is 10.6 Å². The number of anilines is 1. The first-order chi connectivity index (χ1) is 12.8. The summed E-state index contributed by atoms with van der Waals surface area (Å²) in [6.07, 6.45) is 6.28. The Morgan fingerprint density at radius 2 is 2.19 bits per heavy atom. The molecule has 138 valence electrons. The first kappa shape index (κ1) is 16.7. The van der Waals surface area contributed by atoms with Crippen molar-refractivity contribution in [2.45, 2.75) is 31.9 Å². The summed E-state index contributed by atoms with van der Waals surface area (Å²) in [5, 5.41) is 2.86. The lowest BCUT2D eigenvalue weighted by Crippen LogP contribution is -2.39. The van der Waals surface area contributed by atoms with Gasteiger partial charge in [-0.25, -0.2) is 14.8 Å². The minimum Gasteiger partial charge on any atom is -0.472 e. The summed E-state index contributed by atoms with van der Waals surface area (Å²) < 4.78 is 11.2. The van der Waals surface area contributed by atoms with Crippen LogP contribution in [-0.4, -0.2) is 53.2 Å². The van der Waals surface area contributed by atoms with E-state index in [1.165, 1.54) is 12.8 Å². The molecular formula is C18H23N5O3. The van der Waals surface area contributed by atoms with Gasteiger partial charge in [-0.2, -0.15) is 0 Å². The standard InChI is InChI=1S/C18H23N5O3/c24-18(19-11-14-4-3-9-25-14)23-8-5-15(12-23)26-17-10-16(20-13-21-17)22-6-1-2-7-22/h3-4,9-10,13,15H,1-2,5-8,11-12H2,(H,19,24). The van der Waals surface area contributed by atoms with E-state index in [1.807, 2.05) is 12.1 Å². The molecule has 0 radical (unpaired) electrons. The number of ether oxygens (including phenoxy) is 1. The van der Waals surface area contributed by atoms with Crippen molar-refractivity contribution >= 4 is 11.8 Å². The number of hydrogen-bond acceptors (Lipinski definition) is 6. The second-order valence-electron chi connectivity index (χ2n) is 6.62. The van der Waals surface area contributed by atoms with Crippen molar-refractivity contribution in [2.75, 3.05) is 31.1 Å². The highest BCUT2D eigenvalue weighted by Crippen LogP contribution is 2.22. The van der Waals surface area contributed by atoms with E-state index in [2.05, 4.69) is 20.2 Å². The summed E-state index contributed by atoms with van der Waals surface area (Å²) in [6, 6.07) is 5.43. The Bertz CT molecular complexity index is 730. The summed E-state index contributed by atoms with van der Waals surface area (Å²) in [5.74, 6) is 2.23. The smallest absolute Gasteiger partial charge is 0.317 e. The third kappa shape index (κ3) is 3.89. The fourth-order valence-corrected chi connectivity index (χ4v) is 3.38. The van der Waals surface area contributed by atoms with Crippen LogP contribution in [0.3, 0.4) is 0 Å². The fraction of sp³-hybridized carbons (Fsp3) is 0.500. The molecule has 2 aliphatic rings. The molecule has 2 aromatic heterocycles. The number of rotatable bonds is 5. The normalized spacial score (nSPS) is 19.8. The predicted molar refractivity (Wildman–Crippen MR) is 95.0 cm³/mol. The molecule has 2 saturated heterocycles. The molecule has 0 bridgehead atoms. The third-order valence-corrected chi connectivity index (χ3v) is 4.77. The lowest BCUT2D eigenvalue weighted by Gasteiger charge is -2.19. The number of hydrogen-bond donors (Lipinski definition) is 1. The first-order valence-electron chi connectivity index (χ1n) is 9.07. The zero-order chi connectivity index (χ0) is 17.8. The molecule has 0 aliphatic carbocycles. The molecule has 2 aromatic rings. The average Bonchev–Trinajstić information content (AvgIpc) is 3.41. The molecule has 1 N–H and O–H groups in total. The molecule has 2 amide bonds. The van der Waals surface area contributed by atoms with Gasteiger partial charge >= 0.3 is 6.03 Å². The Kier molecular flexibility index (Phi) is 4.90. The summed E-state index contributed by atoms with van der Waals surface area (Å²) in [7, 11) is 0. The molecule has 4 rings (SSSR count). The van der Waals surface area contributed by atoms with E-state index in [-0.39, 0.29) is 12.1 Å². The summed E-state index contributed by atoms with van der Waals surface area (Å²) in [5.41, 5.74) is 0. The molecule has 0 saturated carbocycles. The Hall–Kier alpha value is -2.77. The van der Waals surface area contributed by atoms with Gasteiger partial charge in [0.1, 0.15) is 24.0 Å². The van der Waals surface area contributed by atoms with Crippen LogP contribution >= 0.6 is 0 Å². The van der Waals surface area contributed by atoms with Gasteiger partial charge in [0.05, 0.1) is 19.4 Å². The van der Waals surface area contributed by atoms with Gasteiger partial charge < -0.3 is 24.3 Å². The summed E-state index contributed by atoms with van der Waals surface area (Å²) in [6.45, 7) is 3.66. The van der Waals surface area contributed by atoms with E-state index < -0.39 is 0 Å². The minimum atomic E-state index is -0.104. The lowest BCUT2D eigenvalue weighted by molar-refractivity contribution is 0.182. The van der Waals surface area contributed by atoms with Crippen LogP contribution in [0.25, 0.3) is 0 Å². The molecule has 2 aliphatic heterocycles. The first-order valence-corrected chi connectivity index (χ1v) is 9.07. The van der Waals surface area contributed by atoms with E-state index >= 15 is 0 Å². The van der Waals surface area contributed by atoms with Crippen molar-refractivity contribution in [3.05, 3.63) is 36.5 Å². The number of amides is 2. The molecule has 8 heteroatoms. The van der Waals surface area contributed by atoms with Crippen molar-refractivity contribution in [3.8, 4) is 5.88 Å². The van der Waals surface area contributed by atoms with Crippen LogP contribution in [0.2, 0.25) is 0 Å². The average molecular weight is 357 g/mol.